The average Bonchev–Trinajstić information content (AvgIpc) is 3.11. The first-order valence-corrected chi connectivity index (χ1v) is 11.6. The summed E-state index contributed by atoms with van der Waals surface area (Å²) in [4.78, 5) is 9.25. The normalized spacial score (nSPS) is 11.8. The molecule has 0 aliphatic carbocycles. The number of imidazole rings is 1. The van der Waals surface area contributed by atoms with Crippen LogP contribution in [0.3, 0.4) is 0 Å². The highest BCUT2D eigenvalue weighted by Gasteiger charge is 2.14. The van der Waals surface area contributed by atoms with E-state index in [0.717, 1.165) is 28.1 Å². The van der Waals surface area contributed by atoms with Crippen LogP contribution in [0.5, 0.6) is 0 Å². The lowest BCUT2D eigenvalue weighted by molar-refractivity contribution is 0.571. The molecule has 0 aliphatic heterocycles. The quantitative estimate of drug-likeness (QED) is 0.438. The van der Waals surface area contributed by atoms with Crippen LogP contribution in [0.15, 0.2) is 72.9 Å². The number of aromatic nitrogens is 3. The molecule has 4 rings (SSSR count). The number of nitrogens with one attached hydrogen (secondary N) is 1. The average molecular weight is 421 g/mol. The van der Waals surface area contributed by atoms with Crippen molar-refractivity contribution < 1.29 is 8.42 Å². The van der Waals surface area contributed by atoms with Gasteiger partial charge in [0.1, 0.15) is 11.3 Å². The molecule has 0 amide bonds. The van der Waals surface area contributed by atoms with Gasteiger partial charge in [-0.2, -0.15) is 0 Å². The standard InChI is InChI=1S/C23H24N4O2S/c1-18-10-12-20(13-11-18)22-26-21-9-5-14-24-23(21)27(22)16-6-15-25-30(28,29)17-19-7-3-2-4-8-19/h2-5,7-14,25H,6,15-17H2,1H3. The lowest BCUT2D eigenvalue weighted by Crippen LogP contribution is -2.27. The Hall–Kier alpha value is -3.03. The fraction of sp³-hybridized carbons (Fsp3) is 0.217. The van der Waals surface area contributed by atoms with E-state index in [4.69, 9.17) is 4.98 Å². The van der Waals surface area contributed by atoms with Gasteiger partial charge in [-0.1, -0.05) is 60.2 Å². The Morgan fingerprint density at radius 1 is 0.967 bits per heavy atom. The molecule has 30 heavy (non-hydrogen) atoms. The van der Waals surface area contributed by atoms with Gasteiger partial charge in [0.05, 0.1) is 5.75 Å². The molecule has 0 radical (unpaired) electrons. The molecule has 4 aromatic rings. The molecular weight excluding hydrogens is 396 g/mol. The van der Waals surface area contributed by atoms with E-state index in [1.807, 2.05) is 42.5 Å². The van der Waals surface area contributed by atoms with Crippen LogP contribution in [0.2, 0.25) is 0 Å². The minimum atomic E-state index is -3.38. The lowest BCUT2D eigenvalue weighted by atomic mass is 10.1. The van der Waals surface area contributed by atoms with E-state index in [9.17, 15) is 8.42 Å². The second kappa shape index (κ2) is 8.77. The zero-order chi connectivity index (χ0) is 21.0. The smallest absolute Gasteiger partial charge is 0.215 e. The number of aryl methyl sites for hydroxylation is 2. The molecule has 1 N–H and O–H groups in total. The summed E-state index contributed by atoms with van der Waals surface area (Å²) in [6, 6.07) is 21.2. The molecule has 0 bridgehead atoms. The van der Waals surface area contributed by atoms with Crippen molar-refractivity contribution in [2.24, 2.45) is 0 Å². The van der Waals surface area contributed by atoms with Gasteiger partial charge < -0.3 is 4.57 Å². The summed E-state index contributed by atoms with van der Waals surface area (Å²) in [5.74, 6) is 0.828. The minimum absolute atomic E-state index is 0.0159. The van der Waals surface area contributed by atoms with Crippen molar-refractivity contribution in [1.82, 2.24) is 19.3 Å². The maximum atomic E-state index is 12.4. The van der Waals surface area contributed by atoms with Gasteiger partial charge in [-0.3, -0.25) is 0 Å². The Labute approximate surface area is 176 Å². The van der Waals surface area contributed by atoms with E-state index >= 15 is 0 Å². The van der Waals surface area contributed by atoms with Crippen molar-refractivity contribution in [2.75, 3.05) is 6.54 Å². The molecule has 7 heteroatoms. The van der Waals surface area contributed by atoms with E-state index in [-0.39, 0.29) is 5.75 Å². The molecule has 2 heterocycles. The second-order valence-electron chi connectivity index (χ2n) is 7.29. The van der Waals surface area contributed by atoms with Gasteiger partial charge in [0.15, 0.2) is 5.65 Å². The van der Waals surface area contributed by atoms with E-state index in [1.165, 1.54) is 5.56 Å². The van der Waals surface area contributed by atoms with Crippen LogP contribution in [-0.2, 0) is 22.3 Å². The molecule has 154 valence electrons. The topological polar surface area (TPSA) is 76.9 Å². The zero-order valence-electron chi connectivity index (χ0n) is 16.8. The van der Waals surface area contributed by atoms with Crippen LogP contribution < -0.4 is 4.72 Å². The van der Waals surface area contributed by atoms with Crippen LogP contribution in [0, 0.1) is 6.92 Å². The Kier molecular flexibility index (Phi) is 5.92. The maximum Gasteiger partial charge on any atom is 0.215 e. The van der Waals surface area contributed by atoms with Crippen LogP contribution in [0.4, 0.5) is 0 Å². The van der Waals surface area contributed by atoms with Crippen LogP contribution >= 0.6 is 0 Å². The van der Waals surface area contributed by atoms with Gasteiger partial charge in [0.25, 0.3) is 0 Å². The monoisotopic (exact) mass is 420 g/mol. The largest absolute Gasteiger partial charge is 0.309 e. The van der Waals surface area contributed by atoms with Crippen molar-refractivity contribution in [3.05, 3.63) is 84.1 Å². The molecule has 0 atom stereocenters. The van der Waals surface area contributed by atoms with Crippen molar-refractivity contribution in [2.45, 2.75) is 25.6 Å². The molecule has 2 aromatic carbocycles. The maximum absolute atomic E-state index is 12.4. The van der Waals surface area contributed by atoms with Gasteiger partial charge in [-0.15, -0.1) is 0 Å². The number of fused-ring (bicyclic) bond motifs is 1. The molecule has 0 aliphatic rings. The number of sulfonamides is 1. The first kappa shape index (κ1) is 20.3. The van der Waals surface area contributed by atoms with Gasteiger partial charge in [0, 0.05) is 24.8 Å². The molecule has 0 unspecified atom stereocenters. The fourth-order valence-electron chi connectivity index (χ4n) is 3.40. The van der Waals surface area contributed by atoms with Crippen molar-refractivity contribution in [1.29, 1.82) is 0 Å². The summed E-state index contributed by atoms with van der Waals surface area (Å²) in [7, 11) is -3.38. The third-order valence-electron chi connectivity index (χ3n) is 4.89. The van der Waals surface area contributed by atoms with Crippen molar-refractivity contribution in [3.8, 4) is 11.4 Å². The van der Waals surface area contributed by atoms with Gasteiger partial charge >= 0.3 is 0 Å². The second-order valence-corrected chi connectivity index (χ2v) is 9.10. The minimum Gasteiger partial charge on any atom is -0.309 e. The summed E-state index contributed by atoms with van der Waals surface area (Å²) in [5.41, 5.74) is 4.62. The summed E-state index contributed by atoms with van der Waals surface area (Å²) in [6.45, 7) is 3.02. The first-order chi connectivity index (χ1) is 14.5. The van der Waals surface area contributed by atoms with Crippen LogP contribution in [0.1, 0.15) is 17.5 Å². The fourth-order valence-corrected chi connectivity index (χ4v) is 4.59. The highest BCUT2D eigenvalue weighted by Crippen LogP contribution is 2.24. The van der Waals surface area contributed by atoms with E-state index in [1.54, 1.807) is 6.20 Å². The molecule has 6 nitrogen and oxygen atoms in total. The highest BCUT2D eigenvalue weighted by molar-refractivity contribution is 7.88. The number of nitrogens with zero attached hydrogens (tertiary/aromatic N) is 3. The predicted molar refractivity (Wildman–Crippen MR) is 119 cm³/mol. The van der Waals surface area contributed by atoms with Gasteiger partial charge in [-0.25, -0.2) is 23.1 Å². The number of rotatable bonds is 8. The van der Waals surface area contributed by atoms with E-state index < -0.39 is 10.0 Å². The number of benzene rings is 2. The molecular formula is C23H24N4O2S. The molecule has 2 aromatic heterocycles. The van der Waals surface area contributed by atoms with Crippen LogP contribution in [0.25, 0.3) is 22.6 Å². The third-order valence-corrected chi connectivity index (χ3v) is 6.25. The van der Waals surface area contributed by atoms with E-state index in [0.29, 0.717) is 19.5 Å². The Morgan fingerprint density at radius 3 is 2.50 bits per heavy atom. The molecule has 0 spiro atoms. The Balaban J connectivity index is 1.47. The predicted octanol–water partition coefficient (Wildman–Crippen LogP) is 3.92. The van der Waals surface area contributed by atoms with Gasteiger partial charge in [-0.05, 0) is 31.0 Å². The summed E-state index contributed by atoms with van der Waals surface area (Å²) in [5, 5.41) is 0. The zero-order valence-corrected chi connectivity index (χ0v) is 17.6. The third kappa shape index (κ3) is 4.75. The Bertz CT molecular complexity index is 1230. The van der Waals surface area contributed by atoms with Gasteiger partial charge in [0.2, 0.25) is 10.0 Å². The van der Waals surface area contributed by atoms with Crippen molar-refractivity contribution in [3.63, 3.8) is 0 Å². The number of pyridine rings is 1. The SMILES string of the molecule is Cc1ccc(-c2nc3cccnc3n2CCCNS(=O)(=O)Cc2ccccc2)cc1. The molecule has 0 fully saturated rings. The first-order valence-electron chi connectivity index (χ1n) is 9.91. The Morgan fingerprint density at radius 2 is 1.73 bits per heavy atom. The molecule has 0 saturated heterocycles. The van der Waals surface area contributed by atoms with E-state index in [2.05, 4.69) is 45.5 Å². The lowest BCUT2D eigenvalue weighted by Gasteiger charge is -2.10. The summed E-state index contributed by atoms with van der Waals surface area (Å²) >= 11 is 0. The number of hydrogen-bond acceptors (Lipinski definition) is 4. The number of hydrogen-bond donors (Lipinski definition) is 1. The highest BCUT2D eigenvalue weighted by atomic mass is 32.2. The van der Waals surface area contributed by atoms with Crippen molar-refractivity contribution >= 4 is 21.2 Å². The summed E-state index contributed by atoms with van der Waals surface area (Å²) in [6.07, 6.45) is 2.39. The summed E-state index contributed by atoms with van der Waals surface area (Å²) < 4.78 is 29.5. The van der Waals surface area contributed by atoms with Crippen LogP contribution in [-0.4, -0.2) is 29.5 Å². The molecule has 0 saturated carbocycles.